The Morgan fingerprint density at radius 1 is 1.14 bits per heavy atom. The molecule has 5 nitrogen and oxygen atoms in total. The topological polar surface area (TPSA) is 54.0 Å². The van der Waals surface area contributed by atoms with Gasteiger partial charge in [-0.2, -0.15) is 0 Å². The van der Waals surface area contributed by atoms with Crippen molar-refractivity contribution in [2.24, 2.45) is 0 Å². The average Bonchev–Trinajstić information content (AvgIpc) is 2.19. The van der Waals surface area contributed by atoms with Gasteiger partial charge in [-0.3, -0.25) is 4.79 Å². The van der Waals surface area contributed by atoms with E-state index in [1.807, 2.05) is 0 Å². The minimum atomic E-state index is -1.32. The molecule has 0 aromatic rings. The molecule has 0 bridgehead atoms. The van der Waals surface area contributed by atoms with Crippen molar-refractivity contribution in [3.8, 4) is 0 Å². The lowest BCUT2D eigenvalue weighted by Gasteiger charge is -2.34. The zero-order chi connectivity index (χ0) is 11.2. The zero-order valence-electron chi connectivity index (χ0n) is 9.33. The highest BCUT2D eigenvalue weighted by Crippen LogP contribution is 2.22. The molecule has 0 N–H and O–H groups in total. The molecule has 0 aromatic carbocycles. The zero-order valence-corrected chi connectivity index (χ0v) is 9.33. The molecule has 0 aliphatic carbocycles. The normalized spacial score (nSPS) is 14.1. The fourth-order valence-electron chi connectivity index (χ4n) is 1.26. The van der Waals surface area contributed by atoms with E-state index in [0.717, 1.165) is 0 Å². The number of rotatable bonds is 7. The van der Waals surface area contributed by atoms with Crippen molar-refractivity contribution < 1.29 is 23.7 Å². The highest BCUT2D eigenvalue weighted by Gasteiger charge is 2.41. The van der Waals surface area contributed by atoms with Crippen LogP contribution in [0.5, 0.6) is 0 Å². The summed E-state index contributed by atoms with van der Waals surface area (Å²) in [5.74, 6) is -1.34. The molecule has 0 aliphatic rings. The molecule has 1 unspecified atom stereocenters. The maximum absolute atomic E-state index is 11.0. The third-order valence-corrected chi connectivity index (χ3v) is 2.01. The molecule has 84 valence electrons. The van der Waals surface area contributed by atoms with Crippen molar-refractivity contribution in [1.29, 1.82) is 0 Å². The molecule has 1 atom stereocenters. The lowest BCUT2D eigenvalue weighted by Crippen LogP contribution is -2.49. The summed E-state index contributed by atoms with van der Waals surface area (Å²) in [7, 11) is 5.76. The van der Waals surface area contributed by atoms with E-state index in [4.69, 9.17) is 18.9 Å². The van der Waals surface area contributed by atoms with Crippen molar-refractivity contribution in [2.45, 2.75) is 25.4 Å². The summed E-state index contributed by atoms with van der Waals surface area (Å²) in [6.07, 6.45) is -0.411. The maximum Gasteiger partial charge on any atom is 0.310 e. The molecule has 0 aliphatic heterocycles. The van der Waals surface area contributed by atoms with Crippen LogP contribution in [0.15, 0.2) is 0 Å². The van der Waals surface area contributed by atoms with E-state index in [-0.39, 0.29) is 12.2 Å². The van der Waals surface area contributed by atoms with Crippen LogP contribution in [0.25, 0.3) is 0 Å². The van der Waals surface area contributed by atoms with Gasteiger partial charge >= 0.3 is 5.97 Å². The molecule has 0 rings (SSSR count). The summed E-state index contributed by atoms with van der Waals surface area (Å²) in [5.41, 5.74) is 0. The fourth-order valence-corrected chi connectivity index (χ4v) is 1.26. The summed E-state index contributed by atoms with van der Waals surface area (Å²) in [6.45, 7) is 1.47. The van der Waals surface area contributed by atoms with Gasteiger partial charge in [0.25, 0.3) is 0 Å². The van der Waals surface area contributed by atoms with Crippen LogP contribution in [0.4, 0.5) is 0 Å². The van der Waals surface area contributed by atoms with E-state index >= 15 is 0 Å². The smallest absolute Gasteiger partial charge is 0.310 e. The Kier molecular flexibility index (Phi) is 5.87. The molecule has 0 spiro atoms. The molecule has 0 heterocycles. The highest BCUT2D eigenvalue weighted by atomic mass is 16.9. The van der Waals surface area contributed by atoms with Gasteiger partial charge in [0.15, 0.2) is 0 Å². The third kappa shape index (κ3) is 3.02. The van der Waals surface area contributed by atoms with Gasteiger partial charge in [0.05, 0.1) is 0 Å². The average molecular weight is 206 g/mol. The van der Waals surface area contributed by atoms with E-state index in [1.165, 1.54) is 35.4 Å². The van der Waals surface area contributed by atoms with Gasteiger partial charge in [0, 0.05) is 34.9 Å². The second-order valence-electron chi connectivity index (χ2n) is 2.85. The van der Waals surface area contributed by atoms with E-state index in [1.54, 1.807) is 0 Å². The SMILES string of the molecule is COC(CC(C)=O)C(OC)(OC)OC. The van der Waals surface area contributed by atoms with Crippen molar-refractivity contribution >= 4 is 5.78 Å². The van der Waals surface area contributed by atoms with Crippen LogP contribution in [0.2, 0.25) is 0 Å². The van der Waals surface area contributed by atoms with Crippen molar-refractivity contribution in [3.05, 3.63) is 0 Å². The van der Waals surface area contributed by atoms with Crippen LogP contribution in [0, 0.1) is 0 Å². The lowest BCUT2D eigenvalue weighted by atomic mass is 10.1. The molecular weight excluding hydrogens is 188 g/mol. The van der Waals surface area contributed by atoms with Crippen LogP contribution in [-0.2, 0) is 23.7 Å². The van der Waals surface area contributed by atoms with Gasteiger partial charge in [0.2, 0.25) is 0 Å². The number of ether oxygens (including phenoxy) is 4. The van der Waals surface area contributed by atoms with Crippen molar-refractivity contribution in [1.82, 2.24) is 0 Å². The van der Waals surface area contributed by atoms with E-state index < -0.39 is 12.1 Å². The van der Waals surface area contributed by atoms with Gasteiger partial charge in [-0.1, -0.05) is 0 Å². The Labute approximate surface area is 84.3 Å². The van der Waals surface area contributed by atoms with Crippen LogP contribution >= 0.6 is 0 Å². The highest BCUT2D eigenvalue weighted by molar-refractivity contribution is 5.76. The summed E-state index contributed by atoms with van der Waals surface area (Å²) in [6, 6.07) is 0. The van der Waals surface area contributed by atoms with Gasteiger partial charge in [0.1, 0.15) is 11.9 Å². The summed E-state index contributed by atoms with van der Waals surface area (Å²) >= 11 is 0. The first-order valence-corrected chi connectivity index (χ1v) is 4.24. The predicted molar refractivity (Wildman–Crippen MR) is 49.9 cm³/mol. The van der Waals surface area contributed by atoms with Crippen molar-refractivity contribution in [2.75, 3.05) is 28.4 Å². The molecule has 0 radical (unpaired) electrons. The number of carbonyl (C=O) groups is 1. The number of hydrogen-bond acceptors (Lipinski definition) is 5. The van der Waals surface area contributed by atoms with Crippen LogP contribution in [0.3, 0.4) is 0 Å². The molecule has 0 amide bonds. The minimum absolute atomic E-state index is 0.0209. The Morgan fingerprint density at radius 2 is 1.57 bits per heavy atom. The van der Waals surface area contributed by atoms with E-state index in [2.05, 4.69) is 0 Å². The lowest BCUT2D eigenvalue weighted by molar-refractivity contribution is -0.390. The number of Topliss-reactive ketones (excluding diaryl/α,β-unsaturated/α-hetero) is 1. The van der Waals surface area contributed by atoms with Gasteiger partial charge in [-0.15, -0.1) is 0 Å². The van der Waals surface area contributed by atoms with Gasteiger partial charge < -0.3 is 18.9 Å². The van der Waals surface area contributed by atoms with Crippen LogP contribution in [0.1, 0.15) is 13.3 Å². The number of ketones is 1. The minimum Gasteiger partial charge on any atom is -0.373 e. The molecule has 0 saturated heterocycles. The number of methoxy groups -OCH3 is 4. The van der Waals surface area contributed by atoms with Gasteiger partial charge in [-0.25, -0.2) is 0 Å². The summed E-state index contributed by atoms with van der Waals surface area (Å²) in [5, 5.41) is 0. The van der Waals surface area contributed by atoms with Crippen LogP contribution < -0.4 is 0 Å². The number of hydrogen-bond donors (Lipinski definition) is 0. The number of carbonyl (C=O) groups excluding carboxylic acids is 1. The Balaban J connectivity index is 4.64. The first-order chi connectivity index (χ1) is 6.56. The second-order valence-corrected chi connectivity index (χ2v) is 2.85. The molecule has 14 heavy (non-hydrogen) atoms. The van der Waals surface area contributed by atoms with Gasteiger partial charge in [-0.05, 0) is 6.92 Å². The Hall–Kier alpha value is -0.490. The Bertz CT molecular complexity index is 168. The van der Waals surface area contributed by atoms with E-state index in [9.17, 15) is 4.79 Å². The molecule has 0 aromatic heterocycles. The van der Waals surface area contributed by atoms with E-state index in [0.29, 0.717) is 0 Å². The predicted octanol–water partition coefficient (Wildman–Crippen LogP) is 0.573. The summed E-state index contributed by atoms with van der Waals surface area (Å²) in [4.78, 5) is 11.0. The fraction of sp³-hybridized carbons (Fsp3) is 0.889. The second kappa shape index (κ2) is 6.08. The Morgan fingerprint density at radius 3 is 1.79 bits per heavy atom. The summed E-state index contributed by atoms with van der Waals surface area (Å²) < 4.78 is 20.3. The quantitative estimate of drug-likeness (QED) is 0.570. The monoisotopic (exact) mass is 206 g/mol. The standard InChI is InChI=1S/C9H18O5/c1-7(10)6-8(11-2)9(12-3,13-4)14-5/h8H,6H2,1-5H3. The maximum atomic E-state index is 11.0. The first-order valence-electron chi connectivity index (χ1n) is 4.24. The van der Waals surface area contributed by atoms with Crippen LogP contribution in [-0.4, -0.2) is 46.3 Å². The molecule has 0 fully saturated rings. The third-order valence-electron chi connectivity index (χ3n) is 2.01. The first kappa shape index (κ1) is 13.5. The largest absolute Gasteiger partial charge is 0.373 e. The molecular formula is C9H18O5. The molecule has 5 heteroatoms. The van der Waals surface area contributed by atoms with Crippen molar-refractivity contribution in [3.63, 3.8) is 0 Å². The molecule has 0 saturated carbocycles.